The maximum atomic E-state index is 12.2. The van der Waals surface area contributed by atoms with E-state index in [9.17, 15) is 9.59 Å². The van der Waals surface area contributed by atoms with Gasteiger partial charge in [-0.25, -0.2) is 4.79 Å². The van der Waals surface area contributed by atoms with Crippen LogP contribution in [0, 0.1) is 5.92 Å². The van der Waals surface area contributed by atoms with E-state index in [2.05, 4.69) is 52.9 Å². The van der Waals surface area contributed by atoms with E-state index in [4.69, 9.17) is 28.1 Å². The third-order valence-corrected chi connectivity index (χ3v) is 12.5. The smallest absolute Gasteiger partial charge is 0.334 e. The molecule has 0 amide bonds. The number of ether oxygens (including phenoxy) is 5. The molecule has 1 heterocycles. The molecular formula is C35H52O8Si. The number of esters is 1. The molecule has 1 aromatic carbocycles. The minimum Gasteiger partial charge on any atom is -0.497 e. The van der Waals surface area contributed by atoms with E-state index in [1.165, 1.54) is 12.2 Å². The highest BCUT2D eigenvalue weighted by atomic mass is 28.4. The Kier molecular flexibility index (Phi) is 15.8. The zero-order chi connectivity index (χ0) is 32.6. The highest BCUT2D eigenvalue weighted by Crippen LogP contribution is 2.38. The van der Waals surface area contributed by atoms with Gasteiger partial charge in [0.15, 0.2) is 15.1 Å². The molecule has 0 radical (unpaired) electrons. The fraction of sp³-hybridized carbons (Fsp3) is 0.543. The second-order valence-corrected chi connectivity index (χ2v) is 17.4. The van der Waals surface area contributed by atoms with Gasteiger partial charge in [0.05, 0.1) is 32.0 Å². The van der Waals surface area contributed by atoms with Gasteiger partial charge in [-0.3, -0.25) is 4.79 Å². The van der Waals surface area contributed by atoms with Crippen LogP contribution in [0.2, 0.25) is 18.1 Å². The van der Waals surface area contributed by atoms with Crippen LogP contribution in [-0.2, 0) is 39.6 Å². The van der Waals surface area contributed by atoms with E-state index >= 15 is 0 Å². The summed E-state index contributed by atoms with van der Waals surface area (Å²) in [5, 5.41) is 0.0353. The summed E-state index contributed by atoms with van der Waals surface area (Å²) in [6.45, 7) is 13.8. The summed E-state index contributed by atoms with van der Waals surface area (Å²) in [7, 11) is 1.10. The molecule has 1 aliphatic rings. The van der Waals surface area contributed by atoms with Gasteiger partial charge in [-0.15, -0.1) is 0 Å². The zero-order valence-corrected chi connectivity index (χ0v) is 28.7. The fourth-order valence-electron chi connectivity index (χ4n) is 4.39. The number of benzene rings is 1. The summed E-state index contributed by atoms with van der Waals surface area (Å²) >= 11 is 0. The molecule has 0 saturated carbocycles. The molecule has 0 bridgehead atoms. The highest BCUT2D eigenvalue weighted by molar-refractivity contribution is 6.74. The van der Waals surface area contributed by atoms with Crippen molar-refractivity contribution < 1.29 is 37.7 Å². The molecule has 4 atom stereocenters. The Labute approximate surface area is 265 Å². The van der Waals surface area contributed by atoms with Crippen molar-refractivity contribution in [2.75, 3.05) is 21.0 Å². The Bertz CT molecular complexity index is 1130. The van der Waals surface area contributed by atoms with E-state index in [0.29, 0.717) is 38.0 Å². The van der Waals surface area contributed by atoms with Crippen LogP contribution in [0.5, 0.6) is 5.75 Å². The molecule has 0 aliphatic carbocycles. The maximum Gasteiger partial charge on any atom is 0.334 e. The monoisotopic (exact) mass is 628 g/mol. The topological polar surface area (TPSA) is 89.5 Å². The average Bonchev–Trinajstić information content (AvgIpc) is 2.96. The molecule has 0 fully saturated rings. The lowest BCUT2D eigenvalue weighted by molar-refractivity contribution is -0.147. The molecule has 0 unspecified atom stereocenters. The maximum absolute atomic E-state index is 12.2. The standard InChI is InChI=1S/C35H52O8Si/c1-27(14-12-13-21-36)33(40-25-28-17-19-29(39-6)20-18-28)16-11-9-10-15-30(43-44(7,8)35(2,3)4)22-32-23-31(41-26-38-5)24-34(37)42-32/h9-13,16-21,24,27,30,32-33H,14-15,22-23,25-26H2,1-8H3/b10-9+,13-12+,16-11+/t27-,30-,32-,33-/m1/s1. The number of aldehydes is 1. The third-order valence-electron chi connectivity index (χ3n) is 7.98. The summed E-state index contributed by atoms with van der Waals surface area (Å²) in [4.78, 5) is 23.0. The van der Waals surface area contributed by atoms with Crippen molar-refractivity contribution >= 4 is 20.6 Å². The number of carbonyl (C=O) groups excluding carboxylic acids is 2. The Morgan fingerprint density at radius 1 is 1.05 bits per heavy atom. The number of carbonyl (C=O) groups is 2. The van der Waals surface area contributed by atoms with Crippen LogP contribution in [0.4, 0.5) is 0 Å². The number of rotatable bonds is 19. The first-order valence-electron chi connectivity index (χ1n) is 15.3. The highest BCUT2D eigenvalue weighted by Gasteiger charge is 2.40. The van der Waals surface area contributed by atoms with Crippen molar-refractivity contribution in [1.82, 2.24) is 0 Å². The fourth-order valence-corrected chi connectivity index (χ4v) is 5.77. The van der Waals surface area contributed by atoms with E-state index in [1.54, 1.807) is 14.2 Å². The van der Waals surface area contributed by atoms with Crippen LogP contribution in [0.15, 0.2) is 72.6 Å². The average molecular weight is 629 g/mol. The van der Waals surface area contributed by atoms with Crippen LogP contribution in [0.3, 0.4) is 0 Å². The van der Waals surface area contributed by atoms with Crippen LogP contribution < -0.4 is 4.74 Å². The van der Waals surface area contributed by atoms with Crippen molar-refractivity contribution in [1.29, 1.82) is 0 Å². The molecule has 1 aliphatic heterocycles. The Balaban J connectivity index is 2.12. The second kappa shape index (κ2) is 18.7. The summed E-state index contributed by atoms with van der Waals surface area (Å²) < 4.78 is 34.5. The Morgan fingerprint density at radius 2 is 1.75 bits per heavy atom. The molecule has 44 heavy (non-hydrogen) atoms. The molecule has 1 aromatic rings. The normalized spacial score (nSPS) is 18.3. The van der Waals surface area contributed by atoms with Crippen molar-refractivity contribution in [3.05, 3.63) is 78.1 Å². The molecule has 0 aromatic heterocycles. The number of hydrogen-bond acceptors (Lipinski definition) is 8. The number of allylic oxidation sites excluding steroid dienone is 4. The quantitative estimate of drug-likeness (QED) is 0.0389. The van der Waals surface area contributed by atoms with Gasteiger partial charge in [0, 0.05) is 20.0 Å². The first kappa shape index (κ1) is 37.2. The van der Waals surface area contributed by atoms with Crippen molar-refractivity contribution in [3.63, 3.8) is 0 Å². The lowest BCUT2D eigenvalue weighted by Crippen LogP contribution is -2.45. The largest absolute Gasteiger partial charge is 0.497 e. The molecule has 244 valence electrons. The van der Waals surface area contributed by atoms with Crippen LogP contribution in [0.1, 0.15) is 58.9 Å². The molecule has 8 nitrogen and oxygen atoms in total. The lowest BCUT2D eigenvalue weighted by atomic mass is 9.99. The second-order valence-electron chi connectivity index (χ2n) is 12.6. The van der Waals surface area contributed by atoms with Gasteiger partial charge >= 0.3 is 5.97 Å². The predicted octanol–water partition coefficient (Wildman–Crippen LogP) is 7.46. The van der Waals surface area contributed by atoms with Gasteiger partial charge in [0.1, 0.15) is 23.9 Å². The first-order valence-corrected chi connectivity index (χ1v) is 18.2. The molecule has 0 spiro atoms. The molecule has 0 N–H and O–H groups in total. The Hall–Kier alpha value is -2.98. The van der Waals surface area contributed by atoms with Gasteiger partial charge in [0.2, 0.25) is 0 Å². The number of cyclic esters (lactones) is 1. The van der Waals surface area contributed by atoms with Gasteiger partial charge < -0.3 is 28.1 Å². The van der Waals surface area contributed by atoms with Crippen molar-refractivity contribution in [2.24, 2.45) is 5.92 Å². The molecule has 2 rings (SSSR count). The molecule has 9 heteroatoms. The van der Waals surface area contributed by atoms with Crippen LogP contribution in [0.25, 0.3) is 0 Å². The molecular weight excluding hydrogens is 576 g/mol. The number of hydrogen-bond donors (Lipinski definition) is 0. The van der Waals surface area contributed by atoms with Crippen molar-refractivity contribution in [2.45, 2.75) is 96.4 Å². The first-order chi connectivity index (χ1) is 20.9. The Morgan fingerprint density at radius 3 is 2.39 bits per heavy atom. The van der Waals surface area contributed by atoms with Gasteiger partial charge in [-0.2, -0.15) is 0 Å². The molecule has 0 saturated heterocycles. The minimum atomic E-state index is -2.09. The minimum absolute atomic E-state index is 0.0353. The third kappa shape index (κ3) is 13.3. The number of methoxy groups -OCH3 is 2. The summed E-state index contributed by atoms with van der Waals surface area (Å²) in [6.07, 6.45) is 15.5. The summed E-state index contributed by atoms with van der Waals surface area (Å²) in [5.74, 6) is 1.12. The van der Waals surface area contributed by atoms with Gasteiger partial charge in [-0.05, 0) is 60.7 Å². The van der Waals surface area contributed by atoms with Crippen molar-refractivity contribution in [3.8, 4) is 5.75 Å². The van der Waals surface area contributed by atoms with E-state index in [0.717, 1.165) is 17.6 Å². The van der Waals surface area contributed by atoms with E-state index in [1.807, 2.05) is 42.5 Å². The summed E-state index contributed by atoms with van der Waals surface area (Å²) in [6, 6.07) is 7.82. The zero-order valence-electron chi connectivity index (χ0n) is 27.7. The summed E-state index contributed by atoms with van der Waals surface area (Å²) in [5.41, 5.74) is 1.05. The van der Waals surface area contributed by atoms with Crippen LogP contribution >= 0.6 is 0 Å². The van der Waals surface area contributed by atoms with Gasteiger partial charge in [0.25, 0.3) is 0 Å². The predicted molar refractivity (Wildman–Crippen MR) is 176 cm³/mol. The van der Waals surface area contributed by atoms with E-state index in [-0.39, 0.29) is 36.1 Å². The van der Waals surface area contributed by atoms with Crippen LogP contribution in [-0.4, -0.2) is 59.9 Å². The van der Waals surface area contributed by atoms with E-state index < -0.39 is 14.3 Å². The lowest BCUT2D eigenvalue weighted by Gasteiger charge is -2.40. The SMILES string of the molecule is COCOC1=CC(=O)O[C@H](C[C@@H](C/C=C/C=C/[C@@H](OCc2ccc(OC)cc2)[C@H](C)C/C=C/C=O)O[Si](C)(C)C(C)(C)C)C1. The van der Waals surface area contributed by atoms with Gasteiger partial charge in [-0.1, -0.05) is 70.2 Å².